The summed E-state index contributed by atoms with van der Waals surface area (Å²) in [5.41, 5.74) is 0.872. The van der Waals surface area contributed by atoms with Gasteiger partial charge in [-0.25, -0.2) is 0 Å². The van der Waals surface area contributed by atoms with Crippen molar-refractivity contribution in [2.75, 3.05) is 13.1 Å². The van der Waals surface area contributed by atoms with Crippen LogP contribution in [-0.4, -0.2) is 28.1 Å². The van der Waals surface area contributed by atoms with E-state index in [1.165, 1.54) is 0 Å². The normalized spacial score (nSPS) is 11.1. The van der Waals surface area contributed by atoms with Crippen molar-refractivity contribution < 1.29 is 4.52 Å². The molecule has 0 atom stereocenters. The number of benzene rings is 1. The van der Waals surface area contributed by atoms with Crippen molar-refractivity contribution in [3.8, 4) is 11.4 Å². The van der Waals surface area contributed by atoms with Gasteiger partial charge in [0.15, 0.2) is 0 Å². The van der Waals surface area contributed by atoms with Crippen LogP contribution in [0.25, 0.3) is 11.4 Å². The molecule has 0 aliphatic carbocycles. The standard InChI is InChI=1S/C13H16ClN3O/c1-3-17(4-2)9-12-15-13(16-18-12)10-6-5-7-11(14)8-10/h5-8H,3-4,9H2,1-2H3. The first-order chi connectivity index (χ1) is 8.72. The van der Waals surface area contributed by atoms with Gasteiger partial charge in [0.1, 0.15) is 0 Å². The molecule has 1 heterocycles. The van der Waals surface area contributed by atoms with Gasteiger partial charge in [-0.05, 0) is 25.2 Å². The lowest BCUT2D eigenvalue weighted by Gasteiger charge is -2.14. The first kappa shape index (κ1) is 13.1. The van der Waals surface area contributed by atoms with E-state index in [-0.39, 0.29) is 0 Å². The molecule has 0 spiro atoms. The minimum Gasteiger partial charge on any atom is -0.338 e. The third kappa shape index (κ3) is 3.09. The van der Waals surface area contributed by atoms with Gasteiger partial charge in [-0.3, -0.25) is 4.90 Å². The van der Waals surface area contributed by atoms with Gasteiger partial charge in [0.05, 0.1) is 6.54 Å². The topological polar surface area (TPSA) is 42.2 Å². The zero-order chi connectivity index (χ0) is 13.0. The third-order valence-electron chi connectivity index (χ3n) is 2.80. The van der Waals surface area contributed by atoms with E-state index >= 15 is 0 Å². The van der Waals surface area contributed by atoms with Gasteiger partial charge in [-0.15, -0.1) is 0 Å². The summed E-state index contributed by atoms with van der Waals surface area (Å²) >= 11 is 5.94. The highest BCUT2D eigenvalue weighted by Crippen LogP contribution is 2.20. The largest absolute Gasteiger partial charge is 0.338 e. The Labute approximate surface area is 112 Å². The van der Waals surface area contributed by atoms with Crippen molar-refractivity contribution >= 4 is 11.6 Å². The Balaban J connectivity index is 2.15. The molecular formula is C13H16ClN3O. The van der Waals surface area contributed by atoms with Crippen LogP contribution in [0.2, 0.25) is 5.02 Å². The second kappa shape index (κ2) is 5.98. The Bertz CT molecular complexity index is 508. The van der Waals surface area contributed by atoms with Gasteiger partial charge in [-0.1, -0.05) is 42.7 Å². The van der Waals surface area contributed by atoms with Crippen LogP contribution in [0, 0.1) is 0 Å². The molecule has 1 aromatic heterocycles. The molecule has 1 aromatic carbocycles. The van der Waals surface area contributed by atoms with Gasteiger partial charge in [0, 0.05) is 10.6 Å². The number of hydrogen-bond acceptors (Lipinski definition) is 4. The number of hydrogen-bond donors (Lipinski definition) is 0. The maximum atomic E-state index is 5.94. The minimum atomic E-state index is 0.583. The first-order valence-electron chi connectivity index (χ1n) is 6.03. The monoisotopic (exact) mass is 265 g/mol. The molecule has 2 aromatic rings. The van der Waals surface area contributed by atoms with E-state index in [4.69, 9.17) is 16.1 Å². The molecule has 0 amide bonds. The quantitative estimate of drug-likeness (QED) is 0.832. The van der Waals surface area contributed by atoms with Gasteiger partial charge >= 0.3 is 0 Å². The molecule has 0 N–H and O–H groups in total. The minimum absolute atomic E-state index is 0.583. The molecule has 0 radical (unpaired) electrons. The van der Waals surface area contributed by atoms with E-state index in [9.17, 15) is 0 Å². The number of rotatable bonds is 5. The second-order valence-corrected chi connectivity index (χ2v) is 4.42. The van der Waals surface area contributed by atoms with Crippen molar-refractivity contribution in [2.45, 2.75) is 20.4 Å². The fraction of sp³-hybridized carbons (Fsp3) is 0.385. The smallest absolute Gasteiger partial charge is 0.241 e. The van der Waals surface area contributed by atoms with E-state index in [1.807, 2.05) is 24.3 Å². The predicted molar refractivity (Wildman–Crippen MR) is 71.4 cm³/mol. The van der Waals surface area contributed by atoms with Crippen LogP contribution in [-0.2, 0) is 6.54 Å². The highest BCUT2D eigenvalue weighted by molar-refractivity contribution is 6.30. The Morgan fingerprint density at radius 3 is 2.72 bits per heavy atom. The van der Waals surface area contributed by atoms with E-state index in [0.717, 1.165) is 18.7 Å². The van der Waals surface area contributed by atoms with Crippen molar-refractivity contribution in [2.24, 2.45) is 0 Å². The van der Waals surface area contributed by atoms with E-state index in [1.54, 1.807) is 0 Å². The molecule has 0 bridgehead atoms. The van der Waals surface area contributed by atoms with E-state index in [2.05, 4.69) is 28.9 Å². The first-order valence-corrected chi connectivity index (χ1v) is 6.41. The molecule has 4 nitrogen and oxygen atoms in total. The molecule has 0 unspecified atom stereocenters. The number of halogens is 1. The summed E-state index contributed by atoms with van der Waals surface area (Å²) in [7, 11) is 0. The SMILES string of the molecule is CCN(CC)Cc1nc(-c2cccc(Cl)c2)no1. The average molecular weight is 266 g/mol. The summed E-state index contributed by atoms with van der Waals surface area (Å²) in [6.45, 7) is 6.83. The molecule has 0 aliphatic heterocycles. The lowest BCUT2D eigenvalue weighted by Crippen LogP contribution is -2.22. The lowest BCUT2D eigenvalue weighted by atomic mass is 10.2. The summed E-state index contributed by atoms with van der Waals surface area (Å²) in [6.07, 6.45) is 0. The van der Waals surface area contributed by atoms with Crippen LogP contribution in [0.1, 0.15) is 19.7 Å². The van der Waals surface area contributed by atoms with Crippen LogP contribution in [0.4, 0.5) is 0 Å². The zero-order valence-electron chi connectivity index (χ0n) is 10.6. The Morgan fingerprint density at radius 2 is 2.06 bits per heavy atom. The fourth-order valence-corrected chi connectivity index (χ4v) is 1.89. The molecular weight excluding hydrogens is 250 g/mol. The van der Waals surface area contributed by atoms with Crippen LogP contribution >= 0.6 is 11.6 Å². The molecule has 2 rings (SSSR count). The predicted octanol–water partition coefficient (Wildman–Crippen LogP) is 3.23. The summed E-state index contributed by atoms with van der Waals surface area (Å²) in [5, 5.41) is 4.65. The Morgan fingerprint density at radius 1 is 1.28 bits per heavy atom. The number of nitrogens with zero attached hydrogens (tertiary/aromatic N) is 3. The molecule has 0 saturated carbocycles. The summed E-state index contributed by atoms with van der Waals surface area (Å²) < 4.78 is 5.25. The lowest BCUT2D eigenvalue weighted by molar-refractivity contribution is 0.246. The summed E-state index contributed by atoms with van der Waals surface area (Å²) in [6, 6.07) is 7.44. The Kier molecular flexibility index (Phi) is 4.33. The maximum absolute atomic E-state index is 5.94. The molecule has 5 heteroatoms. The zero-order valence-corrected chi connectivity index (χ0v) is 11.3. The van der Waals surface area contributed by atoms with Crippen molar-refractivity contribution in [1.29, 1.82) is 0 Å². The van der Waals surface area contributed by atoms with Gasteiger partial charge in [0.2, 0.25) is 11.7 Å². The molecule has 0 saturated heterocycles. The average Bonchev–Trinajstić information content (AvgIpc) is 2.84. The summed E-state index contributed by atoms with van der Waals surface area (Å²) in [4.78, 5) is 6.60. The van der Waals surface area contributed by atoms with Gasteiger partial charge < -0.3 is 4.52 Å². The second-order valence-electron chi connectivity index (χ2n) is 3.98. The van der Waals surface area contributed by atoms with Gasteiger partial charge in [0.25, 0.3) is 0 Å². The van der Waals surface area contributed by atoms with E-state index < -0.39 is 0 Å². The highest BCUT2D eigenvalue weighted by Gasteiger charge is 2.11. The van der Waals surface area contributed by atoms with Gasteiger partial charge in [-0.2, -0.15) is 4.98 Å². The highest BCUT2D eigenvalue weighted by atomic mass is 35.5. The van der Waals surface area contributed by atoms with Crippen LogP contribution in [0.15, 0.2) is 28.8 Å². The van der Waals surface area contributed by atoms with Crippen LogP contribution in [0.5, 0.6) is 0 Å². The van der Waals surface area contributed by atoms with Crippen molar-refractivity contribution in [1.82, 2.24) is 15.0 Å². The summed E-state index contributed by atoms with van der Waals surface area (Å²) in [5.74, 6) is 1.22. The van der Waals surface area contributed by atoms with Crippen LogP contribution in [0.3, 0.4) is 0 Å². The molecule has 0 fully saturated rings. The Hall–Kier alpha value is -1.39. The van der Waals surface area contributed by atoms with Crippen molar-refractivity contribution in [3.05, 3.63) is 35.2 Å². The van der Waals surface area contributed by atoms with E-state index in [0.29, 0.717) is 23.3 Å². The number of aromatic nitrogens is 2. The third-order valence-corrected chi connectivity index (χ3v) is 3.04. The molecule has 18 heavy (non-hydrogen) atoms. The fourth-order valence-electron chi connectivity index (χ4n) is 1.70. The van der Waals surface area contributed by atoms with Crippen molar-refractivity contribution in [3.63, 3.8) is 0 Å². The van der Waals surface area contributed by atoms with Crippen LogP contribution < -0.4 is 0 Å². The molecule has 96 valence electrons. The maximum Gasteiger partial charge on any atom is 0.241 e. The molecule has 0 aliphatic rings.